The number of methoxy groups -OCH3 is 1. The lowest BCUT2D eigenvalue weighted by atomic mass is 10.1. The highest BCUT2D eigenvalue weighted by Crippen LogP contribution is 2.36. The number of ether oxygens (including phenoxy) is 2. The normalized spacial score (nSPS) is 33.6. The Labute approximate surface area is 82.0 Å². The number of hydrogen-bond donors (Lipinski definition) is 3. The summed E-state index contributed by atoms with van der Waals surface area (Å²) >= 11 is 0. The summed E-state index contributed by atoms with van der Waals surface area (Å²) in [4.78, 5) is 17.3. The van der Waals surface area contributed by atoms with Gasteiger partial charge in [-0.25, -0.2) is 0 Å². The maximum Gasteiger partial charge on any atom is 0.325 e. The van der Waals surface area contributed by atoms with Crippen LogP contribution in [0.15, 0.2) is 0 Å². The second kappa shape index (κ2) is 4.70. The van der Waals surface area contributed by atoms with Gasteiger partial charge < -0.3 is 24.4 Å². The predicted octanol–water partition coefficient (Wildman–Crippen LogP) is -0.671. The summed E-state index contributed by atoms with van der Waals surface area (Å²) in [6.45, 7) is 0.267. The van der Waals surface area contributed by atoms with Crippen LogP contribution in [0.3, 0.4) is 0 Å². The van der Waals surface area contributed by atoms with Crippen LogP contribution >= 0.6 is 7.60 Å². The Bertz CT molecular complexity index is 226. The number of aliphatic hydroxyl groups is 1. The van der Waals surface area contributed by atoms with E-state index in [4.69, 9.17) is 19.3 Å². The molecule has 0 bridgehead atoms. The van der Waals surface area contributed by atoms with Gasteiger partial charge in [-0.3, -0.25) is 4.57 Å². The van der Waals surface area contributed by atoms with Crippen LogP contribution in [-0.4, -0.2) is 53.1 Å². The molecule has 0 aliphatic carbocycles. The molecule has 14 heavy (non-hydrogen) atoms. The summed E-state index contributed by atoms with van der Waals surface area (Å²) in [6.07, 6.45) is -1.85. The van der Waals surface area contributed by atoms with Gasteiger partial charge in [0.25, 0.3) is 0 Å². The van der Waals surface area contributed by atoms with Gasteiger partial charge in [-0.2, -0.15) is 0 Å². The first-order chi connectivity index (χ1) is 6.44. The van der Waals surface area contributed by atoms with Gasteiger partial charge in [-0.05, 0) is 6.42 Å². The molecule has 1 heterocycles. The van der Waals surface area contributed by atoms with Crippen LogP contribution in [0.25, 0.3) is 0 Å². The molecular formula is C7H15O6P. The van der Waals surface area contributed by atoms with Crippen molar-refractivity contribution in [3.8, 4) is 0 Å². The van der Waals surface area contributed by atoms with Gasteiger partial charge in [-0.1, -0.05) is 0 Å². The average Bonchev–Trinajstić information content (AvgIpc) is 2.42. The van der Waals surface area contributed by atoms with Gasteiger partial charge in [0.2, 0.25) is 0 Å². The van der Waals surface area contributed by atoms with Gasteiger partial charge in [0, 0.05) is 7.11 Å². The van der Waals surface area contributed by atoms with Gasteiger partial charge >= 0.3 is 7.60 Å². The highest BCUT2D eigenvalue weighted by atomic mass is 31.2. The van der Waals surface area contributed by atoms with Gasteiger partial charge in [0.05, 0.1) is 18.9 Å². The molecule has 1 rings (SSSR count). The summed E-state index contributed by atoms with van der Waals surface area (Å²) < 4.78 is 20.6. The molecule has 7 heteroatoms. The first-order valence-electron chi connectivity index (χ1n) is 4.31. The van der Waals surface area contributed by atoms with Gasteiger partial charge in [0.15, 0.2) is 0 Å². The molecule has 1 saturated heterocycles. The molecule has 1 aliphatic rings. The van der Waals surface area contributed by atoms with Gasteiger partial charge in [-0.15, -0.1) is 0 Å². The molecule has 0 aromatic heterocycles. The van der Waals surface area contributed by atoms with Crippen molar-refractivity contribution >= 4 is 7.60 Å². The van der Waals surface area contributed by atoms with Crippen LogP contribution < -0.4 is 0 Å². The summed E-state index contributed by atoms with van der Waals surface area (Å²) in [5.41, 5.74) is 0. The van der Waals surface area contributed by atoms with E-state index in [1.165, 1.54) is 7.11 Å². The zero-order valence-corrected chi connectivity index (χ0v) is 8.76. The lowest BCUT2D eigenvalue weighted by Crippen LogP contribution is -2.31. The van der Waals surface area contributed by atoms with Crippen molar-refractivity contribution in [2.45, 2.75) is 24.7 Å². The second-order valence-corrected chi connectivity index (χ2v) is 5.09. The number of hydrogen-bond acceptors (Lipinski definition) is 4. The molecule has 6 nitrogen and oxygen atoms in total. The van der Waals surface area contributed by atoms with Crippen molar-refractivity contribution in [1.82, 2.24) is 0 Å². The Morgan fingerprint density at radius 2 is 2.21 bits per heavy atom. The molecule has 0 spiro atoms. The standard InChI is InChI=1S/C7H15O6P/c1-12-6-4-13-5(7(6)8)2-3-14(9,10)11/h5-8H,2-4H2,1H3,(H2,9,10,11)/t5-,6-,7?/m1/s1. The zero-order chi connectivity index (χ0) is 10.8. The van der Waals surface area contributed by atoms with Crippen molar-refractivity contribution in [1.29, 1.82) is 0 Å². The molecule has 0 radical (unpaired) electrons. The fourth-order valence-electron chi connectivity index (χ4n) is 1.41. The largest absolute Gasteiger partial charge is 0.388 e. The monoisotopic (exact) mass is 226 g/mol. The molecule has 0 aromatic carbocycles. The average molecular weight is 226 g/mol. The van der Waals surface area contributed by atoms with Crippen molar-refractivity contribution in [3.05, 3.63) is 0 Å². The van der Waals surface area contributed by atoms with Crippen LogP contribution in [0.1, 0.15) is 6.42 Å². The third kappa shape index (κ3) is 3.31. The highest BCUT2D eigenvalue weighted by molar-refractivity contribution is 7.51. The zero-order valence-electron chi connectivity index (χ0n) is 7.87. The summed E-state index contributed by atoms with van der Waals surface area (Å²) in [6, 6.07) is 0. The smallest absolute Gasteiger partial charge is 0.325 e. The molecule has 3 atom stereocenters. The second-order valence-electron chi connectivity index (χ2n) is 3.31. The number of rotatable bonds is 4. The first-order valence-corrected chi connectivity index (χ1v) is 6.11. The molecule has 84 valence electrons. The SMILES string of the molecule is CO[C@@H]1CO[C@H](CCP(=O)(O)O)C1O. The van der Waals surface area contributed by atoms with E-state index in [1.54, 1.807) is 0 Å². The summed E-state index contributed by atoms with van der Waals surface area (Å²) in [5.74, 6) is 0. The van der Waals surface area contributed by atoms with E-state index in [1.807, 2.05) is 0 Å². The fraction of sp³-hybridized carbons (Fsp3) is 1.00. The lowest BCUT2D eigenvalue weighted by molar-refractivity contribution is 0.00398. The molecular weight excluding hydrogens is 211 g/mol. The first kappa shape index (κ1) is 12.1. The minimum atomic E-state index is -4.00. The molecule has 1 aliphatic heterocycles. The van der Waals surface area contributed by atoms with E-state index >= 15 is 0 Å². The van der Waals surface area contributed by atoms with E-state index in [0.717, 1.165) is 0 Å². The Morgan fingerprint density at radius 3 is 2.64 bits per heavy atom. The van der Waals surface area contributed by atoms with E-state index < -0.39 is 25.9 Å². The van der Waals surface area contributed by atoms with Crippen LogP contribution in [0.2, 0.25) is 0 Å². The van der Waals surface area contributed by atoms with Crippen molar-refractivity contribution in [3.63, 3.8) is 0 Å². The Balaban J connectivity index is 2.37. The predicted molar refractivity (Wildman–Crippen MR) is 48.1 cm³/mol. The molecule has 0 amide bonds. The molecule has 1 fully saturated rings. The van der Waals surface area contributed by atoms with E-state index in [0.29, 0.717) is 0 Å². The summed E-state index contributed by atoms with van der Waals surface area (Å²) in [7, 11) is -2.54. The van der Waals surface area contributed by atoms with E-state index in [-0.39, 0.29) is 19.2 Å². The van der Waals surface area contributed by atoms with Crippen LogP contribution in [0, 0.1) is 0 Å². The lowest BCUT2D eigenvalue weighted by Gasteiger charge is -2.16. The maximum absolute atomic E-state index is 10.6. The van der Waals surface area contributed by atoms with Gasteiger partial charge in [0.1, 0.15) is 12.2 Å². The highest BCUT2D eigenvalue weighted by Gasteiger charge is 2.36. The summed E-state index contributed by atoms with van der Waals surface area (Å²) in [5, 5.41) is 9.54. The Hall–Kier alpha value is 0.0300. The van der Waals surface area contributed by atoms with Crippen molar-refractivity contribution in [2.75, 3.05) is 19.9 Å². The van der Waals surface area contributed by atoms with Crippen LogP contribution in [0.4, 0.5) is 0 Å². The Morgan fingerprint density at radius 1 is 1.57 bits per heavy atom. The maximum atomic E-state index is 10.6. The third-order valence-corrected chi connectivity index (χ3v) is 3.08. The minimum Gasteiger partial charge on any atom is -0.388 e. The third-order valence-electron chi connectivity index (χ3n) is 2.24. The molecule has 3 N–H and O–H groups in total. The van der Waals surface area contributed by atoms with E-state index in [9.17, 15) is 9.67 Å². The minimum absolute atomic E-state index is 0.144. The number of aliphatic hydroxyl groups excluding tert-OH is 1. The van der Waals surface area contributed by atoms with Crippen molar-refractivity contribution in [2.24, 2.45) is 0 Å². The van der Waals surface area contributed by atoms with E-state index in [2.05, 4.69) is 0 Å². The fourth-order valence-corrected chi connectivity index (χ4v) is 2.00. The Kier molecular flexibility index (Phi) is 4.06. The molecule has 0 saturated carbocycles. The van der Waals surface area contributed by atoms with Crippen LogP contribution in [-0.2, 0) is 14.0 Å². The quantitative estimate of drug-likeness (QED) is 0.550. The topological polar surface area (TPSA) is 96.2 Å². The molecule has 0 aromatic rings. The van der Waals surface area contributed by atoms with Crippen molar-refractivity contribution < 1.29 is 28.9 Å². The molecule has 1 unspecified atom stereocenters. The van der Waals surface area contributed by atoms with Crippen LogP contribution in [0.5, 0.6) is 0 Å².